The van der Waals surface area contributed by atoms with Crippen LogP contribution in [0.4, 0.5) is 0 Å². The molecule has 0 aliphatic carbocycles. The van der Waals surface area contributed by atoms with Gasteiger partial charge in [-0.3, -0.25) is 4.98 Å². The standard InChI is InChI=1S/C18H11BrN2O/c19-13-7-5-12(6-8-13)17-9-10-18(22-17)16-11-20-14-3-1-2-4-15(14)21-16/h1-11H. The predicted molar refractivity (Wildman–Crippen MR) is 90.4 cm³/mol. The van der Waals surface area contributed by atoms with E-state index in [1.54, 1.807) is 6.20 Å². The minimum Gasteiger partial charge on any atom is -0.454 e. The molecule has 106 valence electrons. The van der Waals surface area contributed by atoms with Gasteiger partial charge in [-0.25, -0.2) is 4.98 Å². The highest BCUT2D eigenvalue weighted by Crippen LogP contribution is 2.28. The lowest BCUT2D eigenvalue weighted by molar-refractivity contribution is 0.595. The number of halogens is 1. The monoisotopic (exact) mass is 350 g/mol. The molecule has 0 radical (unpaired) electrons. The Labute approximate surface area is 135 Å². The molecule has 0 fully saturated rings. The fourth-order valence-corrected chi connectivity index (χ4v) is 2.59. The molecule has 0 spiro atoms. The molecule has 4 aromatic rings. The smallest absolute Gasteiger partial charge is 0.154 e. The second kappa shape index (κ2) is 5.39. The number of hydrogen-bond acceptors (Lipinski definition) is 3. The maximum Gasteiger partial charge on any atom is 0.154 e. The molecule has 3 nitrogen and oxygen atoms in total. The Hall–Kier alpha value is -2.46. The van der Waals surface area contributed by atoms with E-state index in [1.165, 1.54) is 0 Å². The van der Waals surface area contributed by atoms with E-state index in [0.717, 1.165) is 38.3 Å². The van der Waals surface area contributed by atoms with E-state index < -0.39 is 0 Å². The highest BCUT2D eigenvalue weighted by Gasteiger charge is 2.09. The van der Waals surface area contributed by atoms with Crippen molar-refractivity contribution in [3.05, 3.63) is 71.3 Å². The molecule has 0 aliphatic heterocycles. The van der Waals surface area contributed by atoms with E-state index in [2.05, 4.69) is 25.9 Å². The Morgan fingerprint density at radius 1 is 0.773 bits per heavy atom. The van der Waals surface area contributed by atoms with Crippen LogP contribution in [0.2, 0.25) is 0 Å². The fraction of sp³-hybridized carbons (Fsp3) is 0. The first-order valence-corrected chi connectivity index (χ1v) is 7.67. The molecule has 0 atom stereocenters. The van der Waals surface area contributed by atoms with Crippen LogP contribution in [0, 0.1) is 0 Å². The third-order valence-electron chi connectivity index (χ3n) is 3.44. The number of benzene rings is 2. The SMILES string of the molecule is Brc1ccc(-c2ccc(-c3cnc4ccccc4n3)o2)cc1. The van der Waals surface area contributed by atoms with Gasteiger partial charge in [-0.1, -0.05) is 40.2 Å². The van der Waals surface area contributed by atoms with Gasteiger partial charge in [-0.2, -0.15) is 0 Å². The molecule has 2 aromatic heterocycles. The highest BCUT2D eigenvalue weighted by molar-refractivity contribution is 9.10. The van der Waals surface area contributed by atoms with Crippen LogP contribution in [-0.2, 0) is 0 Å². The summed E-state index contributed by atoms with van der Waals surface area (Å²) in [5, 5.41) is 0. The van der Waals surface area contributed by atoms with Crippen molar-refractivity contribution >= 4 is 27.0 Å². The molecule has 4 rings (SSSR count). The lowest BCUT2D eigenvalue weighted by Gasteiger charge is -2.00. The first-order valence-electron chi connectivity index (χ1n) is 6.87. The average molecular weight is 351 g/mol. The zero-order valence-electron chi connectivity index (χ0n) is 11.5. The van der Waals surface area contributed by atoms with Crippen molar-refractivity contribution in [1.29, 1.82) is 0 Å². The molecule has 22 heavy (non-hydrogen) atoms. The van der Waals surface area contributed by atoms with E-state index in [9.17, 15) is 0 Å². The van der Waals surface area contributed by atoms with Gasteiger partial charge < -0.3 is 4.42 Å². The van der Waals surface area contributed by atoms with Gasteiger partial charge in [-0.15, -0.1) is 0 Å². The molecule has 0 unspecified atom stereocenters. The molecule has 0 aliphatic rings. The summed E-state index contributed by atoms with van der Waals surface area (Å²) in [6, 6.07) is 19.7. The van der Waals surface area contributed by atoms with Gasteiger partial charge in [0, 0.05) is 10.0 Å². The molecule has 0 amide bonds. The van der Waals surface area contributed by atoms with Crippen molar-refractivity contribution in [1.82, 2.24) is 9.97 Å². The van der Waals surface area contributed by atoms with Crippen LogP contribution < -0.4 is 0 Å². The number of hydrogen-bond donors (Lipinski definition) is 0. The first-order chi connectivity index (χ1) is 10.8. The van der Waals surface area contributed by atoms with Crippen molar-refractivity contribution in [3.63, 3.8) is 0 Å². The maximum atomic E-state index is 5.93. The number of fused-ring (bicyclic) bond motifs is 1. The number of nitrogens with zero attached hydrogens (tertiary/aromatic N) is 2. The van der Waals surface area contributed by atoms with Crippen molar-refractivity contribution in [2.45, 2.75) is 0 Å². The summed E-state index contributed by atoms with van der Waals surface area (Å²) >= 11 is 3.43. The molecular formula is C18H11BrN2O. The normalized spacial score (nSPS) is 11.0. The molecule has 2 heterocycles. The Bertz CT molecular complexity index is 945. The minimum absolute atomic E-state index is 0.719. The summed E-state index contributed by atoms with van der Waals surface area (Å²) in [5.41, 5.74) is 3.51. The van der Waals surface area contributed by atoms with E-state index in [0.29, 0.717) is 0 Å². The van der Waals surface area contributed by atoms with Crippen molar-refractivity contribution < 1.29 is 4.42 Å². The Kier molecular flexibility index (Phi) is 3.24. The summed E-state index contributed by atoms with van der Waals surface area (Å²) < 4.78 is 6.97. The molecule has 0 bridgehead atoms. The van der Waals surface area contributed by atoms with Gasteiger partial charge in [-0.05, 0) is 36.4 Å². The van der Waals surface area contributed by atoms with Gasteiger partial charge in [0.05, 0.1) is 17.2 Å². The van der Waals surface area contributed by atoms with Gasteiger partial charge >= 0.3 is 0 Å². The third kappa shape index (κ3) is 2.42. The van der Waals surface area contributed by atoms with Crippen LogP contribution in [0.15, 0.2) is 75.8 Å². The van der Waals surface area contributed by atoms with Crippen LogP contribution in [0.3, 0.4) is 0 Å². The van der Waals surface area contributed by atoms with E-state index in [1.807, 2.05) is 60.7 Å². The lowest BCUT2D eigenvalue weighted by Crippen LogP contribution is -1.86. The van der Waals surface area contributed by atoms with Crippen molar-refractivity contribution in [2.75, 3.05) is 0 Å². The zero-order valence-corrected chi connectivity index (χ0v) is 13.1. The van der Waals surface area contributed by atoms with Gasteiger partial charge in [0.15, 0.2) is 5.76 Å². The molecule has 0 N–H and O–H groups in total. The van der Waals surface area contributed by atoms with Crippen molar-refractivity contribution in [3.8, 4) is 22.8 Å². The van der Waals surface area contributed by atoms with Crippen LogP contribution in [0.25, 0.3) is 33.8 Å². The summed E-state index contributed by atoms with van der Waals surface area (Å²) in [6.07, 6.45) is 1.74. The Balaban J connectivity index is 1.74. The Morgan fingerprint density at radius 2 is 1.50 bits per heavy atom. The molecule has 0 saturated carbocycles. The second-order valence-corrected chi connectivity index (χ2v) is 5.83. The second-order valence-electron chi connectivity index (χ2n) is 4.91. The molecular weight excluding hydrogens is 340 g/mol. The molecule has 2 aromatic carbocycles. The van der Waals surface area contributed by atoms with Crippen LogP contribution in [0.5, 0.6) is 0 Å². The van der Waals surface area contributed by atoms with Gasteiger partial charge in [0.2, 0.25) is 0 Å². The Morgan fingerprint density at radius 3 is 2.32 bits per heavy atom. The summed E-state index contributed by atoms with van der Waals surface area (Å²) in [5.74, 6) is 1.54. The highest BCUT2D eigenvalue weighted by atomic mass is 79.9. The minimum atomic E-state index is 0.719. The number of aromatic nitrogens is 2. The lowest BCUT2D eigenvalue weighted by atomic mass is 10.2. The number of para-hydroxylation sites is 2. The topological polar surface area (TPSA) is 38.9 Å². The number of furan rings is 1. The largest absolute Gasteiger partial charge is 0.454 e. The van der Waals surface area contributed by atoms with E-state index in [4.69, 9.17) is 4.42 Å². The van der Waals surface area contributed by atoms with Crippen LogP contribution in [-0.4, -0.2) is 9.97 Å². The van der Waals surface area contributed by atoms with E-state index >= 15 is 0 Å². The third-order valence-corrected chi connectivity index (χ3v) is 3.96. The zero-order chi connectivity index (χ0) is 14.9. The molecule has 4 heteroatoms. The van der Waals surface area contributed by atoms with Gasteiger partial charge in [0.1, 0.15) is 11.5 Å². The van der Waals surface area contributed by atoms with Crippen molar-refractivity contribution in [2.24, 2.45) is 0 Å². The fourth-order valence-electron chi connectivity index (χ4n) is 2.32. The predicted octanol–water partition coefficient (Wildman–Crippen LogP) is 5.32. The van der Waals surface area contributed by atoms with Gasteiger partial charge in [0.25, 0.3) is 0 Å². The van der Waals surface area contributed by atoms with Crippen LogP contribution >= 0.6 is 15.9 Å². The maximum absolute atomic E-state index is 5.93. The number of rotatable bonds is 2. The molecule has 0 saturated heterocycles. The summed E-state index contributed by atoms with van der Waals surface area (Å²) in [7, 11) is 0. The van der Waals surface area contributed by atoms with Crippen LogP contribution in [0.1, 0.15) is 0 Å². The summed E-state index contributed by atoms with van der Waals surface area (Å²) in [6.45, 7) is 0. The van der Waals surface area contributed by atoms with E-state index in [-0.39, 0.29) is 0 Å². The quantitative estimate of drug-likeness (QED) is 0.491. The average Bonchev–Trinajstić information content (AvgIpc) is 3.05. The first kappa shape index (κ1) is 13.2. The summed E-state index contributed by atoms with van der Waals surface area (Å²) in [4.78, 5) is 9.03.